The predicted octanol–water partition coefficient (Wildman–Crippen LogP) is -1.06. The maximum absolute atomic E-state index is 11.5. The molecule has 0 saturated heterocycles. The van der Waals surface area contributed by atoms with Crippen molar-refractivity contribution in [3.63, 3.8) is 0 Å². The summed E-state index contributed by atoms with van der Waals surface area (Å²) in [6.07, 6.45) is -0.690. The first kappa shape index (κ1) is 14.9. The Morgan fingerprint density at radius 3 is 2.31 bits per heavy atom. The van der Waals surface area contributed by atoms with Gasteiger partial charge in [0.05, 0.1) is 6.54 Å². The minimum atomic E-state index is -0.690. The molecule has 0 spiro atoms. The number of methoxy groups -OCH3 is 1. The van der Waals surface area contributed by atoms with Crippen LogP contribution < -0.4 is 11.1 Å². The van der Waals surface area contributed by atoms with Crippen LogP contribution in [0.3, 0.4) is 0 Å². The summed E-state index contributed by atoms with van der Waals surface area (Å²) >= 11 is 0. The molecule has 0 rings (SSSR count). The van der Waals surface area contributed by atoms with Gasteiger partial charge in [-0.05, 0) is 13.8 Å². The second kappa shape index (κ2) is 8.06. The van der Waals surface area contributed by atoms with Crippen LogP contribution in [0, 0.1) is 0 Å². The SMILES string of the molecule is CCN(CC)C(=O)CNC(=O)C(CN)OC. The first-order chi connectivity index (χ1) is 7.60. The van der Waals surface area contributed by atoms with Gasteiger partial charge in [-0.3, -0.25) is 9.59 Å². The van der Waals surface area contributed by atoms with Gasteiger partial charge in [-0.25, -0.2) is 0 Å². The summed E-state index contributed by atoms with van der Waals surface area (Å²) in [7, 11) is 1.41. The van der Waals surface area contributed by atoms with E-state index in [1.165, 1.54) is 7.11 Å². The van der Waals surface area contributed by atoms with Gasteiger partial charge in [0.25, 0.3) is 5.91 Å². The third-order valence-electron chi connectivity index (χ3n) is 2.32. The molecule has 3 N–H and O–H groups in total. The van der Waals surface area contributed by atoms with E-state index >= 15 is 0 Å². The Kier molecular flexibility index (Phi) is 7.49. The summed E-state index contributed by atoms with van der Waals surface area (Å²) in [6, 6.07) is 0. The Balaban J connectivity index is 4.04. The molecule has 2 amide bonds. The van der Waals surface area contributed by atoms with Crippen LogP contribution in [0.1, 0.15) is 13.8 Å². The van der Waals surface area contributed by atoms with Gasteiger partial charge in [-0.2, -0.15) is 0 Å². The Morgan fingerprint density at radius 1 is 1.38 bits per heavy atom. The minimum absolute atomic E-state index is 0.0135. The standard InChI is InChI=1S/C10H21N3O3/c1-4-13(5-2)9(14)7-12-10(15)8(6-11)16-3/h8H,4-7,11H2,1-3H3,(H,12,15). The van der Waals surface area contributed by atoms with Crippen molar-refractivity contribution in [2.24, 2.45) is 5.73 Å². The Bertz CT molecular complexity index is 201. The topological polar surface area (TPSA) is 84.7 Å². The van der Waals surface area contributed by atoms with Gasteiger partial charge in [0.1, 0.15) is 6.10 Å². The molecule has 0 bridgehead atoms. The molecule has 0 aliphatic carbocycles. The van der Waals surface area contributed by atoms with Crippen LogP contribution in [0.25, 0.3) is 0 Å². The van der Waals surface area contributed by atoms with Crippen molar-refractivity contribution in [3.05, 3.63) is 0 Å². The van der Waals surface area contributed by atoms with Gasteiger partial charge in [-0.15, -0.1) is 0 Å². The lowest BCUT2D eigenvalue weighted by molar-refractivity contribution is -0.136. The zero-order valence-corrected chi connectivity index (χ0v) is 10.2. The summed E-state index contributed by atoms with van der Waals surface area (Å²) in [4.78, 5) is 24.6. The number of carbonyl (C=O) groups excluding carboxylic acids is 2. The highest BCUT2D eigenvalue weighted by Crippen LogP contribution is 1.90. The van der Waals surface area contributed by atoms with Crippen molar-refractivity contribution in [2.45, 2.75) is 20.0 Å². The predicted molar refractivity (Wildman–Crippen MR) is 60.8 cm³/mol. The molecule has 16 heavy (non-hydrogen) atoms. The van der Waals surface area contributed by atoms with Gasteiger partial charge in [-0.1, -0.05) is 0 Å². The lowest BCUT2D eigenvalue weighted by Crippen LogP contribution is -2.45. The number of ether oxygens (including phenoxy) is 1. The molecule has 0 saturated carbocycles. The summed E-state index contributed by atoms with van der Waals surface area (Å²) in [5, 5.41) is 2.50. The Hall–Kier alpha value is -1.14. The third kappa shape index (κ3) is 4.59. The lowest BCUT2D eigenvalue weighted by atomic mass is 10.3. The number of amides is 2. The summed E-state index contributed by atoms with van der Waals surface area (Å²) in [5.74, 6) is -0.462. The highest BCUT2D eigenvalue weighted by molar-refractivity contribution is 5.87. The maximum Gasteiger partial charge on any atom is 0.250 e. The quantitative estimate of drug-likeness (QED) is 0.585. The van der Waals surface area contributed by atoms with Crippen LogP contribution in [0.15, 0.2) is 0 Å². The number of likely N-dealkylation sites (N-methyl/N-ethyl adjacent to an activating group) is 1. The summed E-state index contributed by atoms with van der Waals surface area (Å²) in [6.45, 7) is 5.13. The molecule has 0 aromatic heterocycles. The van der Waals surface area contributed by atoms with Crippen molar-refractivity contribution < 1.29 is 14.3 Å². The van der Waals surface area contributed by atoms with Crippen molar-refractivity contribution in [1.82, 2.24) is 10.2 Å². The average molecular weight is 231 g/mol. The van der Waals surface area contributed by atoms with E-state index in [0.29, 0.717) is 13.1 Å². The van der Waals surface area contributed by atoms with Crippen molar-refractivity contribution >= 4 is 11.8 Å². The first-order valence-corrected chi connectivity index (χ1v) is 5.38. The Labute approximate surface area is 96.1 Å². The summed E-state index contributed by atoms with van der Waals surface area (Å²) in [5.41, 5.74) is 5.32. The third-order valence-corrected chi connectivity index (χ3v) is 2.32. The van der Waals surface area contributed by atoms with E-state index in [-0.39, 0.29) is 24.9 Å². The van der Waals surface area contributed by atoms with Gasteiger partial charge in [0.15, 0.2) is 0 Å². The number of carbonyl (C=O) groups is 2. The molecule has 1 unspecified atom stereocenters. The van der Waals surface area contributed by atoms with Crippen molar-refractivity contribution in [2.75, 3.05) is 33.3 Å². The average Bonchev–Trinajstić information content (AvgIpc) is 2.29. The molecule has 94 valence electrons. The first-order valence-electron chi connectivity index (χ1n) is 5.38. The molecular formula is C10H21N3O3. The molecule has 6 nitrogen and oxygen atoms in total. The fraction of sp³-hybridized carbons (Fsp3) is 0.800. The second-order valence-corrected chi connectivity index (χ2v) is 3.24. The van der Waals surface area contributed by atoms with Crippen LogP contribution in [0.4, 0.5) is 0 Å². The van der Waals surface area contributed by atoms with Crippen LogP contribution in [-0.2, 0) is 14.3 Å². The number of hydrogen-bond donors (Lipinski definition) is 2. The molecule has 0 radical (unpaired) electrons. The highest BCUT2D eigenvalue weighted by atomic mass is 16.5. The lowest BCUT2D eigenvalue weighted by Gasteiger charge is -2.19. The molecular weight excluding hydrogens is 210 g/mol. The fourth-order valence-corrected chi connectivity index (χ4v) is 1.27. The van der Waals surface area contributed by atoms with Gasteiger partial charge < -0.3 is 20.7 Å². The van der Waals surface area contributed by atoms with Crippen LogP contribution in [-0.4, -0.2) is 56.1 Å². The number of hydrogen-bond acceptors (Lipinski definition) is 4. The summed E-state index contributed by atoms with van der Waals surface area (Å²) < 4.78 is 4.84. The van der Waals surface area contributed by atoms with Gasteiger partial charge >= 0.3 is 0 Å². The highest BCUT2D eigenvalue weighted by Gasteiger charge is 2.17. The van der Waals surface area contributed by atoms with E-state index in [2.05, 4.69) is 5.32 Å². The Morgan fingerprint density at radius 2 is 1.94 bits per heavy atom. The van der Waals surface area contributed by atoms with E-state index in [1.54, 1.807) is 4.90 Å². The molecule has 1 atom stereocenters. The number of rotatable bonds is 7. The largest absolute Gasteiger partial charge is 0.370 e. The van der Waals surface area contributed by atoms with E-state index in [1.807, 2.05) is 13.8 Å². The molecule has 0 aromatic rings. The van der Waals surface area contributed by atoms with Crippen molar-refractivity contribution in [1.29, 1.82) is 0 Å². The number of nitrogens with two attached hydrogens (primary N) is 1. The number of nitrogens with zero attached hydrogens (tertiary/aromatic N) is 1. The van der Waals surface area contributed by atoms with Crippen molar-refractivity contribution in [3.8, 4) is 0 Å². The van der Waals surface area contributed by atoms with Crippen LogP contribution in [0.2, 0.25) is 0 Å². The molecule has 0 aliphatic rings. The van der Waals surface area contributed by atoms with Gasteiger partial charge in [0, 0.05) is 26.7 Å². The fourth-order valence-electron chi connectivity index (χ4n) is 1.27. The van der Waals surface area contributed by atoms with E-state index in [4.69, 9.17) is 10.5 Å². The molecule has 6 heteroatoms. The molecule has 0 heterocycles. The minimum Gasteiger partial charge on any atom is -0.370 e. The van der Waals surface area contributed by atoms with E-state index < -0.39 is 6.10 Å². The normalized spacial score (nSPS) is 12.0. The zero-order chi connectivity index (χ0) is 12.6. The zero-order valence-electron chi connectivity index (χ0n) is 10.2. The molecule has 0 aliphatic heterocycles. The maximum atomic E-state index is 11.5. The molecule has 0 aromatic carbocycles. The monoisotopic (exact) mass is 231 g/mol. The van der Waals surface area contributed by atoms with Gasteiger partial charge in [0.2, 0.25) is 5.91 Å². The second-order valence-electron chi connectivity index (χ2n) is 3.24. The smallest absolute Gasteiger partial charge is 0.250 e. The molecule has 0 fully saturated rings. The van der Waals surface area contributed by atoms with Crippen LogP contribution >= 0.6 is 0 Å². The number of nitrogens with one attached hydrogen (secondary N) is 1. The van der Waals surface area contributed by atoms with E-state index in [9.17, 15) is 9.59 Å². The van der Waals surface area contributed by atoms with Crippen LogP contribution in [0.5, 0.6) is 0 Å². The van der Waals surface area contributed by atoms with E-state index in [0.717, 1.165) is 0 Å².